The first-order chi connectivity index (χ1) is 19.4. The van der Waals surface area contributed by atoms with E-state index in [0.717, 1.165) is 50.2 Å². The number of aromatic nitrogens is 4. The maximum Gasteiger partial charge on any atom is 0.246 e. The predicted octanol–water partition coefficient (Wildman–Crippen LogP) is 5.79. The zero-order valence-corrected chi connectivity index (χ0v) is 22.3. The minimum absolute atomic E-state index is 0.0618. The van der Waals surface area contributed by atoms with Crippen LogP contribution in [0.3, 0.4) is 0 Å². The van der Waals surface area contributed by atoms with Crippen molar-refractivity contribution in [3.05, 3.63) is 103 Å². The highest BCUT2D eigenvalue weighted by molar-refractivity contribution is 6.07. The Morgan fingerprint density at radius 2 is 1.73 bits per heavy atom. The zero-order valence-electron chi connectivity index (χ0n) is 22.3. The van der Waals surface area contributed by atoms with Crippen LogP contribution in [-0.4, -0.2) is 43.4 Å². The molecule has 2 N–H and O–H groups in total. The highest BCUT2D eigenvalue weighted by Crippen LogP contribution is 2.42. The Hall–Kier alpha value is -5.24. The number of nitrogen functional groups attached to an aromatic ring is 1. The summed E-state index contributed by atoms with van der Waals surface area (Å²) in [6.45, 7) is 6.69. The van der Waals surface area contributed by atoms with Gasteiger partial charge in [-0.25, -0.2) is 15.0 Å². The summed E-state index contributed by atoms with van der Waals surface area (Å²) in [5.74, 6) is 1.59. The van der Waals surface area contributed by atoms with Crippen LogP contribution in [0.25, 0.3) is 39.0 Å². The van der Waals surface area contributed by atoms with Gasteiger partial charge in [0, 0.05) is 37.5 Å². The molecule has 0 saturated heterocycles. The molecule has 3 aromatic heterocycles. The fraction of sp³-hybridized carbons (Fsp3) is 0.125. The van der Waals surface area contributed by atoms with Crippen LogP contribution < -0.4 is 10.5 Å². The van der Waals surface area contributed by atoms with Crippen LogP contribution in [0.2, 0.25) is 0 Å². The van der Waals surface area contributed by atoms with E-state index in [1.807, 2.05) is 56.4 Å². The Labute approximate surface area is 232 Å². The maximum atomic E-state index is 12.0. The Kier molecular flexibility index (Phi) is 6.36. The smallest absolute Gasteiger partial charge is 0.246 e. The van der Waals surface area contributed by atoms with Gasteiger partial charge in [0.15, 0.2) is 0 Å². The second-order valence-corrected chi connectivity index (χ2v) is 9.71. The number of amides is 1. The molecule has 2 aromatic carbocycles. The van der Waals surface area contributed by atoms with Gasteiger partial charge in [0.05, 0.1) is 11.1 Å². The largest absolute Gasteiger partial charge is 0.439 e. The first-order valence-corrected chi connectivity index (χ1v) is 12.9. The molecule has 6 rings (SSSR count). The third-order valence-corrected chi connectivity index (χ3v) is 7.16. The molecule has 40 heavy (non-hydrogen) atoms. The lowest BCUT2D eigenvalue weighted by Gasteiger charge is -2.14. The molecule has 0 spiro atoms. The average Bonchev–Trinajstić information content (AvgIpc) is 3.57. The summed E-state index contributed by atoms with van der Waals surface area (Å²) in [6.07, 6.45) is 4.93. The number of pyridine rings is 1. The second-order valence-electron chi connectivity index (χ2n) is 9.71. The molecule has 5 aromatic rings. The zero-order chi connectivity index (χ0) is 27.8. The minimum atomic E-state index is -0.0618. The minimum Gasteiger partial charge on any atom is -0.439 e. The Morgan fingerprint density at radius 3 is 2.45 bits per heavy atom. The van der Waals surface area contributed by atoms with Crippen molar-refractivity contribution in [3.63, 3.8) is 0 Å². The molecule has 1 aliphatic heterocycles. The van der Waals surface area contributed by atoms with Crippen LogP contribution in [0.5, 0.6) is 11.6 Å². The average molecular weight is 529 g/mol. The molecule has 0 bridgehead atoms. The molecule has 0 aliphatic carbocycles. The molecule has 1 amide bonds. The third kappa shape index (κ3) is 4.49. The van der Waals surface area contributed by atoms with Crippen LogP contribution in [-0.2, 0) is 11.8 Å². The second kappa shape index (κ2) is 10.1. The van der Waals surface area contributed by atoms with E-state index >= 15 is 0 Å². The van der Waals surface area contributed by atoms with E-state index in [-0.39, 0.29) is 5.91 Å². The molecule has 4 heterocycles. The lowest BCUT2D eigenvalue weighted by Crippen LogP contribution is -2.26. The fourth-order valence-electron chi connectivity index (χ4n) is 5.18. The van der Waals surface area contributed by atoms with Gasteiger partial charge in [0.25, 0.3) is 0 Å². The van der Waals surface area contributed by atoms with Gasteiger partial charge in [-0.15, -0.1) is 0 Å². The summed E-state index contributed by atoms with van der Waals surface area (Å²) in [5, 5.41) is 0.801. The van der Waals surface area contributed by atoms with Gasteiger partial charge in [-0.1, -0.05) is 55.1 Å². The third-order valence-electron chi connectivity index (χ3n) is 7.16. The molecule has 0 saturated carbocycles. The van der Waals surface area contributed by atoms with E-state index in [1.54, 1.807) is 4.90 Å². The summed E-state index contributed by atoms with van der Waals surface area (Å²) in [4.78, 5) is 27.1. The van der Waals surface area contributed by atoms with Crippen LogP contribution in [0.15, 0.2) is 91.8 Å². The first kappa shape index (κ1) is 25.1. The van der Waals surface area contributed by atoms with Crippen molar-refractivity contribution in [1.82, 2.24) is 24.4 Å². The Balaban J connectivity index is 1.38. The summed E-state index contributed by atoms with van der Waals surface area (Å²) in [7, 11) is 1.99. The van der Waals surface area contributed by atoms with E-state index in [9.17, 15) is 4.79 Å². The van der Waals surface area contributed by atoms with Gasteiger partial charge in [-0.05, 0) is 53.5 Å². The highest BCUT2D eigenvalue weighted by Gasteiger charge is 2.23. The molecule has 198 valence electrons. The van der Waals surface area contributed by atoms with E-state index in [1.165, 1.54) is 12.4 Å². The maximum absolute atomic E-state index is 12.0. The lowest BCUT2D eigenvalue weighted by molar-refractivity contribution is -0.124. The number of ether oxygens (including phenoxy) is 1. The van der Waals surface area contributed by atoms with Gasteiger partial charge in [-0.2, -0.15) is 0 Å². The van der Waals surface area contributed by atoms with E-state index in [4.69, 9.17) is 10.5 Å². The van der Waals surface area contributed by atoms with Crippen molar-refractivity contribution >= 4 is 28.3 Å². The number of carbonyl (C=O) groups is 1. The van der Waals surface area contributed by atoms with Gasteiger partial charge in [-0.3, -0.25) is 4.79 Å². The van der Waals surface area contributed by atoms with Crippen LogP contribution >= 0.6 is 0 Å². The Morgan fingerprint density at radius 1 is 1.00 bits per heavy atom. The summed E-state index contributed by atoms with van der Waals surface area (Å²) < 4.78 is 8.03. The number of fused-ring (bicyclic) bond motifs is 1. The number of benzene rings is 2. The summed E-state index contributed by atoms with van der Waals surface area (Å²) >= 11 is 0. The molecule has 8 heteroatoms. The van der Waals surface area contributed by atoms with Crippen molar-refractivity contribution in [3.8, 4) is 34.0 Å². The van der Waals surface area contributed by atoms with Crippen molar-refractivity contribution in [2.45, 2.75) is 6.92 Å². The first-order valence-electron chi connectivity index (χ1n) is 12.9. The van der Waals surface area contributed by atoms with Crippen LogP contribution in [0.4, 0.5) is 5.82 Å². The molecular weight excluding hydrogens is 500 g/mol. The standard InChI is InChI=1S/C32H28N6O2/c1-4-27(39)38-17-16-24(18-38)21-8-10-23(11-9-21)30-28(29-31(33)34-19-35-32(29)37(30)3)22-12-14-25(15-13-22)40-26-7-5-6-20(2)36-26/h4-16,19H,1,17-18H2,2-3H3,(H2,33,34,35). The summed E-state index contributed by atoms with van der Waals surface area (Å²) in [5.41, 5.74) is 14.2. The van der Waals surface area contributed by atoms with Crippen molar-refractivity contribution < 1.29 is 9.53 Å². The quantitative estimate of drug-likeness (QED) is 0.280. The Bertz CT molecular complexity index is 1790. The van der Waals surface area contributed by atoms with Crippen LogP contribution in [0, 0.1) is 6.92 Å². The number of rotatable bonds is 6. The van der Waals surface area contributed by atoms with E-state index in [2.05, 4.69) is 56.4 Å². The fourth-order valence-corrected chi connectivity index (χ4v) is 5.18. The molecule has 0 radical (unpaired) electrons. The topological polar surface area (TPSA) is 99.2 Å². The number of anilines is 1. The predicted molar refractivity (Wildman–Crippen MR) is 158 cm³/mol. The van der Waals surface area contributed by atoms with Crippen molar-refractivity contribution in [2.75, 3.05) is 18.8 Å². The molecule has 0 fully saturated rings. The molecule has 1 aliphatic rings. The van der Waals surface area contributed by atoms with E-state index < -0.39 is 0 Å². The highest BCUT2D eigenvalue weighted by atomic mass is 16.5. The monoisotopic (exact) mass is 528 g/mol. The molecule has 0 unspecified atom stereocenters. The van der Waals surface area contributed by atoms with Gasteiger partial charge >= 0.3 is 0 Å². The number of hydrogen-bond donors (Lipinski definition) is 1. The SMILES string of the molecule is C=CC(=O)N1CC=C(c2ccc(-c3c(-c4ccc(Oc5cccc(C)n5)cc4)c4c(N)ncnc4n3C)cc2)C1. The lowest BCUT2D eigenvalue weighted by atomic mass is 9.97. The van der Waals surface area contributed by atoms with Gasteiger partial charge in [0.1, 0.15) is 23.5 Å². The van der Waals surface area contributed by atoms with Crippen LogP contribution in [0.1, 0.15) is 11.3 Å². The summed E-state index contributed by atoms with van der Waals surface area (Å²) in [6, 6.07) is 21.9. The van der Waals surface area contributed by atoms with Gasteiger partial charge < -0.3 is 19.9 Å². The van der Waals surface area contributed by atoms with E-state index in [0.29, 0.717) is 30.5 Å². The number of hydrogen-bond acceptors (Lipinski definition) is 6. The molecular formula is C32H28N6O2. The number of nitrogens with zero attached hydrogens (tertiary/aromatic N) is 5. The number of nitrogens with two attached hydrogens (primary N) is 1. The van der Waals surface area contributed by atoms with Gasteiger partial charge in [0.2, 0.25) is 11.8 Å². The van der Waals surface area contributed by atoms with Crippen molar-refractivity contribution in [1.29, 1.82) is 0 Å². The molecule has 0 atom stereocenters. The number of carbonyl (C=O) groups excluding carboxylic acids is 1. The molecule has 8 nitrogen and oxygen atoms in total. The normalized spacial score (nSPS) is 12.9. The number of aryl methyl sites for hydroxylation is 2. The van der Waals surface area contributed by atoms with Crippen molar-refractivity contribution in [2.24, 2.45) is 7.05 Å².